The van der Waals surface area contributed by atoms with E-state index in [9.17, 15) is 9.59 Å². The van der Waals surface area contributed by atoms with Gasteiger partial charge < -0.3 is 14.2 Å². The van der Waals surface area contributed by atoms with Gasteiger partial charge >= 0.3 is 11.8 Å². The van der Waals surface area contributed by atoms with Gasteiger partial charge in [0.05, 0.1) is 12.8 Å². The maximum atomic E-state index is 11.7. The zero-order chi connectivity index (χ0) is 16.9. The quantitative estimate of drug-likeness (QED) is 0.436. The Bertz CT molecular complexity index is 861. The molecule has 0 atom stereocenters. The molecule has 0 aliphatic rings. The number of amides is 2. The molecule has 122 valence electrons. The van der Waals surface area contributed by atoms with Crippen molar-refractivity contribution in [2.45, 2.75) is 13.5 Å². The molecule has 7 nitrogen and oxygen atoms in total. The minimum atomic E-state index is -0.864. The highest BCUT2D eigenvalue weighted by Gasteiger charge is 2.13. The molecule has 0 unspecified atom stereocenters. The second-order valence-electron chi connectivity index (χ2n) is 5.05. The summed E-state index contributed by atoms with van der Waals surface area (Å²) in [4.78, 5) is 23.4. The number of carbonyl (C=O) groups excluding carboxylic acids is 2. The Hall–Kier alpha value is -3.35. The number of nitrogens with zero attached hydrogens (tertiary/aromatic N) is 1. The van der Waals surface area contributed by atoms with Gasteiger partial charge in [-0.3, -0.25) is 9.59 Å². The van der Waals surface area contributed by atoms with Crippen molar-refractivity contribution in [3.8, 4) is 0 Å². The fourth-order valence-corrected chi connectivity index (χ4v) is 2.06. The molecule has 1 aromatic carbocycles. The number of fused-ring (bicyclic) bond motifs is 1. The number of para-hydroxylation sites is 1. The first-order valence-corrected chi connectivity index (χ1v) is 7.27. The Morgan fingerprint density at radius 3 is 2.71 bits per heavy atom. The molecule has 0 aliphatic carbocycles. The molecular formula is C17H15N3O4. The zero-order valence-electron chi connectivity index (χ0n) is 12.9. The summed E-state index contributed by atoms with van der Waals surface area (Å²) in [6.45, 7) is 1.81. The van der Waals surface area contributed by atoms with Crippen LogP contribution in [0, 0.1) is 0 Å². The molecule has 2 amide bonds. The number of nitrogens with one attached hydrogen (secondary N) is 2. The molecular weight excluding hydrogens is 310 g/mol. The molecule has 3 rings (SSSR count). The van der Waals surface area contributed by atoms with Gasteiger partial charge in [0.15, 0.2) is 5.76 Å². The van der Waals surface area contributed by atoms with Crippen molar-refractivity contribution in [1.29, 1.82) is 0 Å². The molecule has 0 saturated carbocycles. The highest BCUT2D eigenvalue weighted by Crippen LogP contribution is 2.19. The lowest BCUT2D eigenvalue weighted by atomic mass is 10.2. The third kappa shape index (κ3) is 3.52. The maximum Gasteiger partial charge on any atom is 0.329 e. The molecule has 3 aromatic rings. The summed E-state index contributed by atoms with van der Waals surface area (Å²) in [5, 5.41) is 7.26. The van der Waals surface area contributed by atoms with Gasteiger partial charge in [-0.25, -0.2) is 5.43 Å². The van der Waals surface area contributed by atoms with Crippen LogP contribution < -0.4 is 10.7 Å². The number of hydrazone groups is 1. The fraction of sp³-hybridized carbons (Fsp3) is 0.118. The average molecular weight is 325 g/mol. The zero-order valence-corrected chi connectivity index (χ0v) is 12.9. The largest absolute Gasteiger partial charge is 0.467 e. The molecule has 2 N–H and O–H groups in total. The summed E-state index contributed by atoms with van der Waals surface area (Å²) < 4.78 is 10.7. The lowest BCUT2D eigenvalue weighted by Crippen LogP contribution is -2.37. The summed E-state index contributed by atoms with van der Waals surface area (Å²) in [5.41, 5.74) is 3.38. The number of rotatable bonds is 4. The van der Waals surface area contributed by atoms with Gasteiger partial charge in [0.2, 0.25) is 0 Å². The van der Waals surface area contributed by atoms with Crippen LogP contribution in [0.3, 0.4) is 0 Å². The van der Waals surface area contributed by atoms with Gasteiger partial charge in [0.1, 0.15) is 17.1 Å². The van der Waals surface area contributed by atoms with E-state index in [1.54, 1.807) is 19.1 Å². The Labute approximate surface area is 137 Å². The first kappa shape index (κ1) is 15.5. The van der Waals surface area contributed by atoms with Crippen LogP contribution in [0.15, 0.2) is 62.7 Å². The van der Waals surface area contributed by atoms with Crippen LogP contribution in [0.25, 0.3) is 11.0 Å². The monoisotopic (exact) mass is 325 g/mol. The minimum absolute atomic E-state index is 0.130. The highest BCUT2D eigenvalue weighted by molar-refractivity contribution is 6.35. The van der Waals surface area contributed by atoms with Crippen molar-refractivity contribution in [2.24, 2.45) is 5.10 Å². The van der Waals surface area contributed by atoms with Crippen LogP contribution in [-0.2, 0) is 16.1 Å². The third-order valence-corrected chi connectivity index (χ3v) is 3.32. The summed E-state index contributed by atoms with van der Waals surface area (Å²) in [6.07, 6.45) is 1.49. The second-order valence-corrected chi connectivity index (χ2v) is 5.05. The molecule has 2 aromatic heterocycles. The van der Waals surface area contributed by atoms with Crippen molar-refractivity contribution in [1.82, 2.24) is 10.7 Å². The number of benzene rings is 1. The normalized spacial score (nSPS) is 11.5. The lowest BCUT2D eigenvalue weighted by molar-refractivity contribution is -0.139. The molecule has 0 aliphatic heterocycles. The van der Waals surface area contributed by atoms with Crippen molar-refractivity contribution in [3.05, 3.63) is 60.2 Å². The van der Waals surface area contributed by atoms with E-state index in [4.69, 9.17) is 8.83 Å². The lowest BCUT2D eigenvalue weighted by Gasteiger charge is -2.02. The van der Waals surface area contributed by atoms with E-state index in [1.807, 2.05) is 30.3 Å². The van der Waals surface area contributed by atoms with Crippen molar-refractivity contribution >= 4 is 28.5 Å². The first-order chi connectivity index (χ1) is 11.6. The van der Waals surface area contributed by atoms with E-state index in [-0.39, 0.29) is 6.54 Å². The summed E-state index contributed by atoms with van der Waals surface area (Å²) in [5.74, 6) is -0.588. The van der Waals surface area contributed by atoms with Gasteiger partial charge in [-0.15, -0.1) is 0 Å². The second kappa shape index (κ2) is 6.82. The molecule has 24 heavy (non-hydrogen) atoms. The number of hydrogen-bond donors (Lipinski definition) is 2. The molecule has 0 fully saturated rings. The number of hydrogen-bond acceptors (Lipinski definition) is 5. The van der Waals surface area contributed by atoms with E-state index < -0.39 is 11.8 Å². The predicted molar refractivity (Wildman–Crippen MR) is 87.1 cm³/mol. The SMILES string of the molecule is C/C(=N/NC(=O)C(=O)NCc1ccco1)c1cc2ccccc2o1. The van der Waals surface area contributed by atoms with E-state index >= 15 is 0 Å². The van der Waals surface area contributed by atoms with Gasteiger partial charge in [-0.05, 0) is 31.2 Å². The molecule has 0 spiro atoms. The highest BCUT2D eigenvalue weighted by atomic mass is 16.3. The Kier molecular flexibility index (Phi) is 4.42. The van der Waals surface area contributed by atoms with E-state index in [2.05, 4.69) is 15.8 Å². The van der Waals surface area contributed by atoms with Crippen molar-refractivity contribution in [2.75, 3.05) is 0 Å². The molecule has 7 heteroatoms. The molecule has 2 heterocycles. The molecule has 0 radical (unpaired) electrons. The van der Waals surface area contributed by atoms with Crippen LogP contribution in [0.4, 0.5) is 0 Å². The van der Waals surface area contributed by atoms with Crippen molar-refractivity contribution < 1.29 is 18.4 Å². The van der Waals surface area contributed by atoms with Gasteiger partial charge in [-0.1, -0.05) is 18.2 Å². The van der Waals surface area contributed by atoms with Gasteiger partial charge in [0.25, 0.3) is 0 Å². The smallest absolute Gasteiger partial charge is 0.329 e. The van der Waals surface area contributed by atoms with E-state index in [0.29, 0.717) is 17.2 Å². The maximum absolute atomic E-state index is 11.7. The van der Waals surface area contributed by atoms with Gasteiger partial charge in [0, 0.05) is 5.39 Å². The standard InChI is InChI=1S/C17H15N3O4/c1-11(15-9-12-5-2-3-7-14(12)24-15)19-20-17(22)16(21)18-10-13-6-4-8-23-13/h2-9H,10H2,1H3,(H,18,21)(H,20,22)/b19-11-. The molecule has 0 bridgehead atoms. The number of furan rings is 2. The number of carbonyl (C=O) groups is 2. The van der Waals surface area contributed by atoms with Crippen LogP contribution in [0.1, 0.15) is 18.4 Å². The first-order valence-electron chi connectivity index (χ1n) is 7.27. The summed E-state index contributed by atoms with van der Waals surface area (Å²) >= 11 is 0. The summed E-state index contributed by atoms with van der Waals surface area (Å²) in [7, 11) is 0. The predicted octanol–water partition coefficient (Wildman–Crippen LogP) is 2.18. The Morgan fingerprint density at radius 1 is 1.12 bits per heavy atom. The Balaban J connectivity index is 1.59. The van der Waals surface area contributed by atoms with Crippen LogP contribution in [-0.4, -0.2) is 17.5 Å². The third-order valence-electron chi connectivity index (χ3n) is 3.32. The molecule has 0 saturated heterocycles. The topological polar surface area (TPSA) is 96.8 Å². The van der Waals surface area contributed by atoms with E-state index in [0.717, 1.165) is 11.0 Å². The fourth-order valence-electron chi connectivity index (χ4n) is 2.06. The Morgan fingerprint density at radius 2 is 1.96 bits per heavy atom. The van der Waals surface area contributed by atoms with E-state index in [1.165, 1.54) is 6.26 Å². The van der Waals surface area contributed by atoms with Crippen molar-refractivity contribution in [3.63, 3.8) is 0 Å². The average Bonchev–Trinajstić information content (AvgIpc) is 3.26. The van der Waals surface area contributed by atoms with Crippen LogP contribution in [0.5, 0.6) is 0 Å². The van der Waals surface area contributed by atoms with Gasteiger partial charge in [-0.2, -0.15) is 5.10 Å². The van der Waals surface area contributed by atoms with Crippen LogP contribution in [0.2, 0.25) is 0 Å². The van der Waals surface area contributed by atoms with Crippen LogP contribution >= 0.6 is 0 Å². The summed E-state index contributed by atoms with van der Waals surface area (Å²) in [6, 6.07) is 12.7. The minimum Gasteiger partial charge on any atom is -0.467 e.